The summed E-state index contributed by atoms with van der Waals surface area (Å²) in [6, 6.07) is 20.2. The number of hydrogen-bond donors (Lipinski definition) is 0. The fourth-order valence-electron chi connectivity index (χ4n) is 3.24. The Hall–Kier alpha value is -2.08. The van der Waals surface area contributed by atoms with Gasteiger partial charge in [-0.1, -0.05) is 60.2 Å². The van der Waals surface area contributed by atoms with E-state index in [0.29, 0.717) is 0 Å². The zero-order chi connectivity index (χ0) is 12.8. The number of aryl methyl sites for hydroxylation is 1. The molecular weight excluding hydrogens is 228 g/mol. The lowest BCUT2D eigenvalue weighted by Gasteiger charge is -2.21. The van der Waals surface area contributed by atoms with Gasteiger partial charge in [0.25, 0.3) is 0 Å². The molecule has 0 saturated carbocycles. The van der Waals surface area contributed by atoms with Crippen LogP contribution in [0.2, 0.25) is 0 Å². The Balaban J connectivity index is 1.95. The third-order valence-electron chi connectivity index (χ3n) is 4.25. The minimum Gasteiger partial charge on any atom is -0.0616 e. The Morgan fingerprint density at radius 3 is 2.53 bits per heavy atom. The molecule has 0 saturated heterocycles. The van der Waals surface area contributed by atoms with Gasteiger partial charge in [0, 0.05) is 0 Å². The van der Waals surface area contributed by atoms with Crippen LogP contribution in [0.3, 0.4) is 0 Å². The molecule has 1 aliphatic carbocycles. The smallest absolute Gasteiger partial charge is 0.00138 e. The summed E-state index contributed by atoms with van der Waals surface area (Å²) < 4.78 is 0. The Kier molecular flexibility index (Phi) is 2.25. The second-order valence-corrected chi connectivity index (χ2v) is 5.55. The molecule has 0 aliphatic heterocycles. The first kappa shape index (κ1) is 10.8. The minimum atomic E-state index is 1.08. The van der Waals surface area contributed by atoms with Crippen molar-refractivity contribution in [3.05, 3.63) is 82.4 Å². The van der Waals surface area contributed by atoms with Crippen molar-refractivity contribution in [2.45, 2.75) is 19.8 Å². The van der Waals surface area contributed by atoms with Crippen molar-refractivity contribution in [3.63, 3.8) is 0 Å². The summed E-state index contributed by atoms with van der Waals surface area (Å²) in [6.07, 6.45) is 2.16. The van der Waals surface area contributed by atoms with Crippen molar-refractivity contribution in [3.8, 4) is 0 Å². The van der Waals surface area contributed by atoms with Crippen molar-refractivity contribution >= 4 is 10.8 Å². The highest BCUT2D eigenvalue weighted by molar-refractivity contribution is 5.87. The van der Waals surface area contributed by atoms with E-state index in [4.69, 9.17) is 0 Å². The van der Waals surface area contributed by atoms with Crippen molar-refractivity contribution < 1.29 is 0 Å². The Morgan fingerprint density at radius 2 is 1.58 bits per heavy atom. The third kappa shape index (κ3) is 1.67. The highest BCUT2D eigenvalue weighted by Gasteiger charge is 2.17. The first-order valence-corrected chi connectivity index (χ1v) is 6.89. The van der Waals surface area contributed by atoms with E-state index in [9.17, 15) is 0 Å². The van der Waals surface area contributed by atoms with Crippen molar-refractivity contribution in [1.29, 1.82) is 0 Å². The zero-order valence-corrected chi connectivity index (χ0v) is 11.1. The molecule has 0 bridgehead atoms. The van der Waals surface area contributed by atoms with Gasteiger partial charge in [-0.2, -0.15) is 0 Å². The van der Waals surface area contributed by atoms with Crippen LogP contribution in [0, 0.1) is 6.92 Å². The van der Waals surface area contributed by atoms with Gasteiger partial charge in [-0.15, -0.1) is 0 Å². The Morgan fingerprint density at radius 1 is 0.737 bits per heavy atom. The van der Waals surface area contributed by atoms with E-state index in [1.165, 1.54) is 38.6 Å². The van der Waals surface area contributed by atoms with Crippen LogP contribution in [0.5, 0.6) is 0 Å². The third-order valence-corrected chi connectivity index (χ3v) is 4.25. The summed E-state index contributed by atoms with van der Waals surface area (Å²) in [5.41, 5.74) is 7.38. The average molecular weight is 244 g/mol. The quantitative estimate of drug-likeness (QED) is 0.422. The summed E-state index contributed by atoms with van der Waals surface area (Å²) in [7, 11) is 0. The summed E-state index contributed by atoms with van der Waals surface area (Å²) in [6.45, 7) is 2.18. The van der Waals surface area contributed by atoms with Gasteiger partial charge in [0.2, 0.25) is 0 Å². The van der Waals surface area contributed by atoms with E-state index < -0.39 is 0 Å². The first-order chi connectivity index (χ1) is 9.31. The molecule has 19 heavy (non-hydrogen) atoms. The standard InChI is InChI=1S/C19H16/c1-13-6-7-15-11-16-9-8-14-4-2-3-5-18(14)19(16)12-17(15)10-13/h2-10H,11-12H2,1H3. The van der Waals surface area contributed by atoms with Gasteiger partial charge in [0.1, 0.15) is 0 Å². The molecule has 0 nitrogen and oxygen atoms in total. The van der Waals surface area contributed by atoms with Crippen molar-refractivity contribution in [2.75, 3.05) is 0 Å². The Bertz CT molecular complexity index is 781. The SMILES string of the molecule is Cc1ccc2c(c1)Cc1c(ccc3ccccc13)C2. The van der Waals surface area contributed by atoms with Gasteiger partial charge in [0.15, 0.2) is 0 Å². The molecule has 0 atom stereocenters. The maximum absolute atomic E-state index is 2.35. The highest BCUT2D eigenvalue weighted by Crippen LogP contribution is 2.32. The molecule has 3 aromatic carbocycles. The van der Waals surface area contributed by atoms with Crippen LogP contribution >= 0.6 is 0 Å². The van der Waals surface area contributed by atoms with Crippen LogP contribution in [-0.4, -0.2) is 0 Å². The molecule has 0 N–H and O–H groups in total. The molecular formula is C19H16. The lowest BCUT2D eigenvalue weighted by Crippen LogP contribution is -2.08. The lowest BCUT2D eigenvalue weighted by atomic mass is 9.83. The van der Waals surface area contributed by atoms with E-state index in [1.54, 1.807) is 0 Å². The molecule has 0 spiro atoms. The predicted octanol–water partition coefficient (Wildman–Crippen LogP) is 4.64. The first-order valence-electron chi connectivity index (χ1n) is 6.89. The van der Waals surface area contributed by atoms with Crippen LogP contribution in [-0.2, 0) is 12.8 Å². The van der Waals surface area contributed by atoms with E-state index in [0.717, 1.165) is 12.8 Å². The van der Waals surface area contributed by atoms with Crippen molar-refractivity contribution in [2.24, 2.45) is 0 Å². The van der Waals surface area contributed by atoms with Crippen LogP contribution in [0.25, 0.3) is 10.8 Å². The molecule has 3 aromatic rings. The summed E-state index contributed by atoms with van der Waals surface area (Å²) in [5, 5.41) is 2.78. The lowest BCUT2D eigenvalue weighted by molar-refractivity contribution is 1.01. The van der Waals surface area contributed by atoms with Crippen LogP contribution in [0.15, 0.2) is 54.6 Å². The fourth-order valence-corrected chi connectivity index (χ4v) is 3.24. The topological polar surface area (TPSA) is 0 Å². The number of benzene rings is 3. The molecule has 0 fully saturated rings. The molecule has 0 heteroatoms. The largest absolute Gasteiger partial charge is 0.0616 e. The monoisotopic (exact) mass is 244 g/mol. The fraction of sp³-hybridized carbons (Fsp3) is 0.158. The molecule has 0 radical (unpaired) electrons. The van der Waals surface area contributed by atoms with Gasteiger partial charge in [-0.25, -0.2) is 0 Å². The molecule has 92 valence electrons. The second-order valence-electron chi connectivity index (χ2n) is 5.55. The summed E-state index contributed by atoms with van der Waals surface area (Å²) >= 11 is 0. The molecule has 0 aromatic heterocycles. The van der Waals surface area contributed by atoms with Crippen LogP contribution in [0.4, 0.5) is 0 Å². The molecule has 0 heterocycles. The summed E-state index contributed by atoms with van der Waals surface area (Å²) in [5.74, 6) is 0. The van der Waals surface area contributed by atoms with E-state index in [1.807, 2.05) is 0 Å². The number of fused-ring (bicyclic) bond motifs is 4. The molecule has 0 unspecified atom stereocenters. The van der Waals surface area contributed by atoms with Crippen molar-refractivity contribution in [1.82, 2.24) is 0 Å². The normalized spacial score (nSPS) is 13.1. The van der Waals surface area contributed by atoms with Gasteiger partial charge < -0.3 is 0 Å². The van der Waals surface area contributed by atoms with E-state index in [2.05, 4.69) is 61.5 Å². The van der Waals surface area contributed by atoms with Crippen LogP contribution < -0.4 is 0 Å². The molecule has 1 aliphatic rings. The second kappa shape index (κ2) is 3.96. The zero-order valence-electron chi connectivity index (χ0n) is 11.1. The van der Waals surface area contributed by atoms with Gasteiger partial charge >= 0.3 is 0 Å². The Labute approximate surface area is 113 Å². The summed E-state index contributed by atoms with van der Waals surface area (Å²) in [4.78, 5) is 0. The maximum Gasteiger partial charge on any atom is -0.00138 e. The number of hydrogen-bond acceptors (Lipinski definition) is 0. The number of rotatable bonds is 0. The van der Waals surface area contributed by atoms with Gasteiger partial charge in [-0.05, 0) is 52.8 Å². The van der Waals surface area contributed by atoms with E-state index in [-0.39, 0.29) is 0 Å². The van der Waals surface area contributed by atoms with E-state index >= 15 is 0 Å². The highest BCUT2D eigenvalue weighted by atomic mass is 14.2. The van der Waals surface area contributed by atoms with Crippen LogP contribution in [0.1, 0.15) is 27.8 Å². The predicted molar refractivity (Wildman–Crippen MR) is 80.7 cm³/mol. The molecule has 0 amide bonds. The van der Waals surface area contributed by atoms with Gasteiger partial charge in [0.05, 0.1) is 0 Å². The minimum absolute atomic E-state index is 1.08. The van der Waals surface area contributed by atoms with Gasteiger partial charge in [-0.3, -0.25) is 0 Å². The maximum atomic E-state index is 2.35. The average Bonchev–Trinajstić information content (AvgIpc) is 2.45. The molecule has 4 rings (SSSR count).